The summed E-state index contributed by atoms with van der Waals surface area (Å²) < 4.78 is 38.1. The molecule has 0 amide bonds. The lowest BCUT2D eigenvalue weighted by molar-refractivity contribution is -0.137. The van der Waals surface area contributed by atoms with Gasteiger partial charge < -0.3 is 10.6 Å². The minimum Gasteiger partial charge on any atom is -0.370 e. The molecular weight excluding hydrogens is 243 g/mol. The van der Waals surface area contributed by atoms with Crippen molar-refractivity contribution in [2.45, 2.75) is 32.9 Å². The minimum atomic E-state index is -4.35. The molecular formula is C12H18F3N3. The van der Waals surface area contributed by atoms with Crippen molar-refractivity contribution in [1.29, 1.82) is 0 Å². The van der Waals surface area contributed by atoms with Crippen LogP contribution in [0.25, 0.3) is 0 Å². The summed E-state index contributed by atoms with van der Waals surface area (Å²) in [4.78, 5) is 4.10. The number of pyridine rings is 1. The predicted octanol–water partition coefficient (Wildman–Crippen LogP) is 3.74. The average Bonchev–Trinajstić information content (AvgIpc) is 2.32. The second kappa shape index (κ2) is 6.47. The molecule has 0 aliphatic carbocycles. The highest BCUT2D eigenvalue weighted by Crippen LogP contribution is 2.32. The van der Waals surface area contributed by atoms with E-state index in [0.29, 0.717) is 13.1 Å². The Morgan fingerprint density at radius 1 is 1.00 bits per heavy atom. The summed E-state index contributed by atoms with van der Waals surface area (Å²) in [6.07, 6.45) is -2.69. The van der Waals surface area contributed by atoms with Gasteiger partial charge in [-0.2, -0.15) is 13.2 Å². The van der Waals surface area contributed by atoms with E-state index in [1.54, 1.807) is 0 Å². The Morgan fingerprint density at radius 2 is 1.44 bits per heavy atom. The monoisotopic (exact) mass is 261 g/mol. The Balaban J connectivity index is 2.96. The Morgan fingerprint density at radius 3 is 1.78 bits per heavy atom. The number of hydrogen-bond acceptors (Lipinski definition) is 3. The van der Waals surface area contributed by atoms with E-state index in [2.05, 4.69) is 15.6 Å². The molecule has 0 aliphatic heterocycles. The number of hydrogen-bond donors (Lipinski definition) is 2. The highest BCUT2D eigenvalue weighted by atomic mass is 19.4. The van der Waals surface area contributed by atoms with Gasteiger partial charge in [0.25, 0.3) is 0 Å². The molecule has 0 spiro atoms. The first-order valence-corrected chi connectivity index (χ1v) is 6.04. The average molecular weight is 261 g/mol. The van der Waals surface area contributed by atoms with Gasteiger partial charge in [0.15, 0.2) is 0 Å². The van der Waals surface area contributed by atoms with Crippen LogP contribution in [-0.2, 0) is 6.18 Å². The lowest BCUT2D eigenvalue weighted by Gasteiger charge is -2.13. The molecule has 2 N–H and O–H groups in total. The Bertz CT molecular complexity index is 351. The predicted molar refractivity (Wildman–Crippen MR) is 66.8 cm³/mol. The molecule has 0 aromatic carbocycles. The maximum atomic E-state index is 12.7. The van der Waals surface area contributed by atoms with E-state index < -0.39 is 11.7 Å². The maximum absolute atomic E-state index is 12.7. The van der Waals surface area contributed by atoms with Gasteiger partial charge >= 0.3 is 6.18 Å². The van der Waals surface area contributed by atoms with Crippen LogP contribution in [-0.4, -0.2) is 18.1 Å². The van der Waals surface area contributed by atoms with Crippen LogP contribution in [0.3, 0.4) is 0 Å². The van der Waals surface area contributed by atoms with E-state index in [1.807, 2.05) is 13.8 Å². The number of rotatable bonds is 6. The van der Waals surface area contributed by atoms with Gasteiger partial charge in [-0.3, -0.25) is 0 Å². The molecule has 0 unspecified atom stereocenters. The summed E-state index contributed by atoms with van der Waals surface area (Å²) in [5, 5.41) is 5.75. The lowest BCUT2D eigenvalue weighted by Crippen LogP contribution is -2.11. The SMILES string of the molecule is CCCNc1cc(C(F)(F)F)cc(NCCC)n1. The fourth-order valence-corrected chi connectivity index (χ4v) is 1.38. The maximum Gasteiger partial charge on any atom is 0.416 e. The molecule has 0 radical (unpaired) electrons. The van der Waals surface area contributed by atoms with E-state index in [9.17, 15) is 13.2 Å². The number of nitrogens with one attached hydrogen (secondary N) is 2. The number of aromatic nitrogens is 1. The van der Waals surface area contributed by atoms with E-state index in [-0.39, 0.29) is 11.6 Å². The van der Waals surface area contributed by atoms with Gasteiger partial charge in [-0.15, -0.1) is 0 Å². The molecule has 1 heterocycles. The molecule has 1 aromatic heterocycles. The number of nitrogens with zero attached hydrogens (tertiary/aromatic N) is 1. The highest BCUT2D eigenvalue weighted by molar-refractivity contribution is 5.49. The number of alkyl halides is 3. The van der Waals surface area contributed by atoms with Gasteiger partial charge in [0.1, 0.15) is 11.6 Å². The Hall–Kier alpha value is -1.46. The summed E-state index contributed by atoms with van der Waals surface area (Å²) in [5.74, 6) is 0.510. The first-order valence-electron chi connectivity index (χ1n) is 6.04. The fraction of sp³-hybridized carbons (Fsp3) is 0.583. The van der Waals surface area contributed by atoms with E-state index in [0.717, 1.165) is 25.0 Å². The third kappa shape index (κ3) is 4.43. The zero-order valence-corrected chi connectivity index (χ0v) is 10.6. The largest absolute Gasteiger partial charge is 0.416 e. The van der Waals surface area contributed by atoms with Crippen molar-refractivity contribution in [2.24, 2.45) is 0 Å². The highest BCUT2D eigenvalue weighted by Gasteiger charge is 2.31. The zero-order chi connectivity index (χ0) is 13.6. The molecule has 0 atom stereocenters. The van der Waals surface area contributed by atoms with Crippen molar-refractivity contribution >= 4 is 11.6 Å². The van der Waals surface area contributed by atoms with Gasteiger partial charge in [0.05, 0.1) is 5.56 Å². The van der Waals surface area contributed by atoms with Crippen LogP contribution in [0.15, 0.2) is 12.1 Å². The van der Waals surface area contributed by atoms with Crippen molar-refractivity contribution in [3.63, 3.8) is 0 Å². The smallest absolute Gasteiger partial charge is 0.370 e. The normalized spacial score (nSPS) is 11.4. The van der Waals surface area contributed by atoms with Gasteiger partial charge in [0, 0.05) is 13.1 Å². The van der Waals surface area contributed by atoms with Crippen molar-refractivity contribution in [1.82, 2.24) is 4.98 Å². The molecule has 0 saturated carbocycles. The molecule has 3 nitrogen and oxygen atoms in total. The first-order chi connectivity index (χ1) is 8.47. The summed E-state index contributed by atoms with van der Waals surface area (Å²) in [6.45, 7) is 5.08. The third-order valence-electron chi connectivity index (χ3n) is 2.26. The van der Waals surface area contributed by atoms with E-state index in [4.69, 9.17) is 0 Å². The van der Waals surface area contributed by atoms with Gasteiger partial charge in [-0.05, 0) is 25.0 Å². The molecule has 6 heteroatoms. The van der Waals surface area contributed by atoms with Crippen LogP contribution in [0, 0.1) is 0 Å². The van der Waals surface area contributed by atoms with Gasteiger partial charge in [-0.25, -0.2) is 4.98 Å². The molecule has 0 saturated heterocycles. The molecule has 18 heavy (non-hydrogen) atoms. The third-order valence-corrected chi connectivity index (χ3v) is 2.26. The molecule has 0 aliphatic rings. The van der Waals surface area contributed by atoms with Crippen molar-refractivity contribution in [3.8, 4) is 0 Å². The van der Waals surface area contributed by atoms with Crippen LogP contribution in [0.4, 0.5) is 24.8 Å². The van der Waals surface area contributed by atoms with E-state index >= 15 is 0 Å². The summed E-state index contributed by atoms with van der Waals surface area (Å²) in [6, 6.07) is 2.07. The standard InChI is InChI=1S/C12H18F3N3/c1-3-5-16-10-7-9(12(13,14)15)8-11(18-10)17-6-4-2/h7-8H,3-6H2,1-2H3,(H2,16,17,18). The second-order valence-corrected chi connectivity index (χ2v) is 3.98. The number of halogens is 3. The summed E-state index contributed by atoms with van der Waals surface area (Å²) in [5.41, 5.74) is -0.685. The first kappa shape index (κ1) is 14.6. The quantitative estimate of drug-likeness (QED) is 0.819. The summed E-state index contributed by atoms with van der Waals surface area (Å²) >= 11 is 0. The molecule has 0 fully saturated rings. The van der Waals surface area contributed by atoms with Crippen LogP contribution in [0.2, 0.25) is 0 Å². The topological polar surface area (TPSA) is 37.0 Å². The lowest BCUT2D eigenvalue weighted by atomic mass is 10.2. The molecule has 1 rings (SSSR count). The van der Waals surface area contributed by atoms with Gasteiger partial charge in [0.2, 0.25) is 0 Å². The molecule has 1 aromatic rings. The van der Waals surface area contributed by atoms with Crippen molar-refractivity contribution in [2.75, 3.05) is 23.7 Å². The van der Waals surface area contributed by atoms with Crippen LogP contribution >= 0.6 is 0 Å². The van der Waals surface area contributed by atoms with Crippen molar-refractivity contribution < 1.29 is 13.2 Å². The zero-order valence-electron chi connectivity index (χ0n) is 10.6. The van der Waals surface area contributed by atoms with Crippen LogP contribution < -0.4 is 10.6 Å². The van der Waals surface area contributed by atoms with E-state index in [1.165, 1.54) is 0 Å². The van der Waals surface area contributed by atoms with Crippen LogP contribution in [0.5, 0.6) is 0 Å². The van der Waals surface area contributed by atoms with Gasteiger partial charge in [-0.1, -0.05) is 13.8 Å². The fourth-order valence-electron chi connectivity index (χ4n) is 1.38. The molecule has 102 valence electrons. The van der Waals surface area contributed by atoms with Crippen molar-refractivity contribution in [3.05, 3.63) is 17.7 Å². The minimum absolute atomic E-state index is 0.255. The Labute approximate surface area is 105 Å². The Kier molecular flexibility index (Phi) is 5.25. The number of anilines is 2. The van der Waals surface area contributed by atoms with Crippen LogP contribution in [0.1, 0.15) is 32.3 Å². The summed E-state index contributed by atoms with van der Waals surface area (Å²) in [7, 11) is 0. The second-order valence-electron chi connectivity index (χ2n) is 3.98. The molecule has 0 bridgehead atoms.